The molecule has 0 aliphatic rings. The van der Waals surface area contributed by atoms with Gasteiger partial charge < -0.3 is 10.6 Å². The number of hydrogen-bond acceptors (Lipinski definition) is 4. The minimum atomic E-state index is -0.0189. The summed E-state index contributed by atoms with van der Waals surface area (Å²) in [5, 5.41) is 6.54. The van der Waals surface area contributed by atoms with Gasteiger partial charge in [-0.1, -0.05) is 12.1 Å². The highest BCUT2D eigenvalue weighted by Gasteiger charge is 2.10. The molecule has 0 aliphatic heterocycles. The van der Waals surface area contributed by atoms with Crippen LogP contribution in [0.2, 0.25) is 0 Å². The molecule has 1 heterocycles. The first-order valence-electron chi connectivity index (χ1n) is 6.37. The summed E-state index contributed by atoms with van der Waals surface area (Å²) < 4.78 is 0. The zero-order valence-corrected chi connectivity index (χ0v) is 11.9. The number of nitrogens with one attached hydrogen (secondary N) is 2. The lowest BCUT2D eigenvalue weighted by molar-refractivity contribution is 0.630. The summed E-state index contributed by atoms with van der Waals surface area (Å²) in [6, 6.07) is 10.00. The molecule has 2 aromatic rings. The molecule has 1 aromatic heterocycles. The second-order valence-corrected chi connectivity index (χ2v) is 5.63. The quantitative estimate of drug-likeness (QED) is 0.878. The van der Waals surface area contributed by atoms with E-state index in [1.54, 1.807) is 6.20 Å². The van der Waals surface area contributed by atoms with E-state index in [2.05, 4.69) is 60.4 Å². The third kappa shape index (κ3) is 4.25. The van der Waals surface area contributed by atoms with Crippen molar-refractivity contribution in [3.8, 4) is 0 Å². The lowest BCUT2D eigenvalue weighted by Gasteiger charge is -2.21. The van der Waals surface area contributed by atoms with Gasteiger partial charge in [-0.3, -0.25) is 0 Å². The SMILES string of the molecule is Cc1cccc(Nc2nccc(NC(C)(C)C)n2)c1. The second-order valence-electron chi connectivity index (χ2n) is 5.63. The molecule has 0 radical (unpaired) electrons. The van der Waals surface area contributed by atoms with Crippen LogP contribution in [0.3, 0.4) is 0 Å². The van der Waals surface area contributed by atoms with Crippen LogP contribution in [0, 0.1) is 6.92 Å². The number of hydrogen-bond donors (Lipinski definition) is 2. The average Bonchev–Trinajstić information content (AvgIpc) is 2.27. The van der Waals surface area contributed by atoms with Crippen molar-refractivity contribution in [1.29, 1.82) is 0 Å². The molecule has 0 saturated carbocycles. The van der Waals surface area contributed by atoms with E-state index in [0.717, 1.165) is 11.5 Å². The Hall–Kier alpha value is -2.10. The molecule has 1 aromatic carbocycles. The molecule has 100 valence electrons. The van der Waals surface area contributed by atoms with Crippen LogP contribution in [0.1, 0.15) is 26.3 Å². The number of anilines is 3. The van der Waals surface area contributed by atoms with E-state index < -0.39 is 0 Å². The number of aromatic nitrogens is 2. The van der Waals surface area contributed by atoms with Gasteiger partial charge in [0.15, 0.2) is 0 Å². The number of aryl methyl sites for hydroxylation is 1. The highest BCUT2D eigenvalue weighted by molar-refractivity contribution is 5.55. The van der Waals surface area contributed by atoms with Crippen molar-refractivity contribution in [2.75, 3.05) is 10.6 Å². The van der Waals surface area contributed by atoms with Gasteiger partial charge >= 0.3 is 0 Å². The first-order chi connectivity index (χ1) is 8.92. The Morgan fingerprint density at radius 1 is 1.11 bits per heavy atom. The van der Waals surface area contributed by atoms with E-state index in [4.69, 9.17) is 0 Å². The summed E-state index contributed by atoms with van der Waals surface area (Å²) in [4.78, 5) is 8.68. The van der Waals surface area contributed by atoms with Gasteiger partial charge in [0.2, 0.25) is 5.95 Å². The normalized spacial score (nSPS) is 11.2. The topological polar surface area (TPSA) is 49.8 Å². The summed E-state index contributed by atoms with van der Waals surface area (Å²) in [7, 11) is 0. The fourth-order valence-corrected chi connectivity index (χ4v) is 1.72. The third-order valence-corrected chi connectivity index (χ3v) is 2.43. The van der Waals surface area contributed by atoms with E-state index >= 15 is 0 Å². The Morgan fingerprint density at radius 3 is 2.58 bits per heavy atom. The molecule has 0 fully saturated rings. The molecule has 2 N–H and O–H groups in total. The van der Waals surface area contributed by atoms with Crippen LogP contribution in [0.25, 0.3) is 0 Å². The molecule has 2 rings (SSSR count). The Balaban J connectivity index is 2.15. The van der Waals surface area contributed by atoms with E-state index in [9.17, 15) is 0 Å². The molecule has 0 unspecified atom stereocenters. The van der Waals surface area contributed by atoms with Crippen LogP contribution in [-0.2, 0) is 0 Å². The predicted octanol–water partition coefficient (Wildman–Crippen LogP) is 3.74. The maximum Gasteiger partial charge on any atom is 0.229 e. The van der Waals surface area contributed by atoms with Crippen molar-refractivity contribution in [2.24, 2.45) is 0 Å². The lowest BCUT2D eigenvalue weighted by Crippen LogP contribution is -2.26. The summed E-state index contributed by atoms with van der Waals surface area (Å²) in [6.07, 6.45) is 1.75. The van der Waals surface area contributed by atoms with E-state index in [1.807, 2.05) is 18.2 Å². The third-order valence-electron chi connectivity index (χ3n) is 2.43. The van der Waals surface area contributed by atoms with Gasteiger partial charge in [-0.25, -0.2) is 4.98 Å². The molecule has 0 aliphatic carbocycles. The van der Waals surface area contributed by atoms with Gasteiger partial charge in [-0.2, -0.15) is 4.98 Å². The molecule has 0 saturated heterocycles. The van der Waals surface area contributed by atoms with Crippen LogP contribution in [-0.4, -0.2) is 15.5 Å². The average molecular weight is 256 g/mol. The van der Waals surface area contributed by atoms with Crippen molar-refractivity contribution < 1.29 is 0 Å². The standard InChI is InChI=1S/C15H20N4/c1-11-6-5-7-12(10-11)17-14-16-9-8-13(18-14)19-15(2,3)4/h5-10H,1-4H3,(H2,16,17,18,19). The maximum absolute atomic E-state index is 4.45. The number of benzene rings is 1. The molecule has 4 nitrogen and oxygen atoms in total. The number of rotatable bonds is 3. The smallest absolute Gasteiger partial charge is 0.229 e. The number of nitrogens with zero attached hydrogens (tertiary/aromatic N) is 2. The Morgan fingerprint density at radius 2 is 1.89 bits per heavy atom. The van der Waals surface area contributed by atoms with Gasteiger partial charge in [-0.05, 0) is 51.5 Å². The zero-order chi connectivity index (χ0) is 13.9. The van der Waals surface area contributed by atoms with E-state index in [1.165, 1.54) is 5.56 Å². The molecule has 0 amide bonds. The fourth-order valence-electron chi connectivity index (χ4n) is 1.72. The zero-order valence-electron chi connectivity index (χ0n) is 11.9. The van der Waals surface area contributed by atoms with Gasteiger partial charge in [0, 0.05) is 17.4 Å². The van der Waals surface area contributed by atoms with Crippen LogP contribution in [0.4, 0.5) is 17.5 Å². The van der Waals surface area contributed by atoms with Crippen molar-refractivity contribution in [1.82, 2.24) is 9.97 Å². The van der Waals surface area contributed by atoms with Gasteiger partial charge in [-0.15, -0.1) is 0 Å². The fraction of sp³-hybridized carbons (Fsp3) is 0.333. The predicted molar refractivity (Wildman–Crippen MR) is 79.9 cm³/mol. The van der Waals surface area contributed by atoms with Crippen LogP contribution < -0.4 is 10.6 Å². The molecular weight excluding hydrogens is 236 g/mol. The largest absolute Gasteiger partial charge is 0.365 e. The van der Waals surface area contributed by atoms with Crippen LogP contribution in [0.5, 0.6) is 0 Å². The summed E-state index contributed by atoms with van der Waals surface area (Å²) in [5.74, 6) is 1.41. The van der Waals surface area contributed by atoms with Crippen molar-refractivity contribution in [2.45, 2.75) is 33.2 Å². The maximum atomic E-state index is 4.45. The van der Waals surface area contributed by atoms with E-state index in [-0.39, 0.29) is 5.54 Å². The van der Waals surface area contributed by atoms with Gasteiger partial charge in [0.05, 0.1) is 0 Å². The molecule has 0 spiro atoms. The van der Waals surface area contributed by atoms with E-state index in [0.29, 0.717) is 5.95 Å². The minimum absolute atomic E-state index is 0.0189. The molecule has 19 heavy (non-hydrogen) atoms. The molecule has 4 heteroatoms. The van der Waals surface area contributed by atoms with Crippen LogP contribution >= 0.6 is 0 Å². The van der Waals surface area contributed by atoms with Gasteiger partial charge in [0.25, 0.3) is 0 Å². The highest BCUT2D eigenvalue weighted by Crippen LogP contribution is 2.17. The molecule has 0 bridgehead atoms. The highest BCUT2D eigenvalue weighted by atomic mass is 15.1. The molecular formula is C15H20N4. The van der Waals surface area contributed by atoms with Crippen molar-refractivity contribution in [3.63, 3.8) is 0 Å². The lowest BCUT2D eigenvalue weighted by atomic mass is 10.1. The van der Waals surface area contributed by atoms with Crippen molar-refractivity contribution in [3.05, 3.63) is 42.1 Å². The van der Waals surface area contributed by atoms with Gasteiger partial charge in [0.1, 0.15) is 5.82 Å². The summed E-state index contributed by atoms with van der Waals surface area (Å²) >= 11 is 0. The minimum Gasteiger partial charge on any atom is -0.365 e. The summed E-state index contributed by atoms with van der Waals surface area (Å²) in [5.41, 5.74) is 2.18. The first-order valence-corrected chi connectivity index (χ1v) is 6.37. The summed E-state index contributed by atoms with van der Waals surface area (Å²) in [6.45, 7) is 8.36. The Labute approximate surface area is 114 Å². The molecule has 0 atom stereocenters. The second kappa shape index (κ2) is 5.26. The van der Waals surface area contributed by atoms with Crippen LogP contribution in [0.15, 0.2) is 36.5 Å². The van der Waals surface area contributed by atoms with Crippen molar-refractivity contribution >= 4 is 17.5 Å². The Kier molecular flexibility index (Phi) is 3.69. The Bertz CT molecular complexity index is 558. The monoisotopic (exact) mass is 256 g/mol. The first kappa shape index (κ1) is 13.3.